The van der Waals surface area contributed by atoms with E-state index in [2.05, 4.69) is 0 Å². The van der Waals surface area contributed by atoms with Gasteiger partial charge in [0.15, 0.2) is 17.2 Å². The predicted molar refractivity (Wildman–Crippen MR) is 62.3 cm³/mol. The van der Waals surface area contributed by atoms with Crippen LogP contribution < -0.4 is 0 Å². The SMILES string of the molecule is CO[C@]12C=C[C@H]([C@@H]3C(=O)C=C[C@@H]31)C(C)(C)C2=O. The van der Waals surface area contributed by atoms with Gasteiger partial charge >= 0.3 is 0 Å². The van der Waals surface area contributed by atoms with Crippen molar-refractivity contribution in [3.8, 4) is 0 Å². The van der Waals surface area contributed by atoms with E-state index in [1.807, 2.05) is 32.1 Å². The van der Waals surface area contributed by atoms with Crippen LogP contribution in [0.4, 0.5) is 0 Å². The van der Waals surface area contributed by atoms with Crippen molar-refractivity contribution in [1.29, 1.82) is 0 Å². The van der Waals surface area contributed by atoms with E-state index in [0.717, 1.165) is 0 Å². The van der Waals surface area contributed by atoms with Gasteiger partial charge < -0.3 is 4.74 Å². The molecule has 90 valence electrons. The van der Waals surface area contributed by atoms with E-state index < -0.39 is 11.0 Å². The lowest BCUT2D eigenvalue weighted by molar-refractivity contribution is -0.168. The monoisotopic (exact) mass is 232 g/mol. The van der Waals surface area contributed by atoms with E-state index in [0.29, 0.717) is 0 Å². The predicted octanol–water partition coefficient (Wildman–Crippen LogP) is 1.54. The van der Waals surface area contributed by atoms with Gasteiger partial charge in [-0.2, -0.15) is 0 Å². The fraction of sp³-hybridized carbons (Fsp3) is 0.571. The van der Waals surface area contributed by atoms with Crippen molar-refractivity contribution in [2.75, 3.05) is 7.11 Å². The molecule has 0 aromatic carbocycles. The third-order valence-corrected chi connectivity index (χ3v) is 4.73. The summed E-state index contributed by atoms with van der Waals surface area (Å²) in [5, 5.41) is 0. The molecule has 4 rings (SSSR count). The molecule has 3 heteroatoms. The zero-order chi connectivity index (χ0) is 12.4. The molecule has 0 spiro atoms. The Labute approximate surface area is 101 Å². The maximum Gasteiger partial charge on any atom is 0.175 e. The number of carbonyl (C=O) groups excluding carboxylic acids is 2. The van der Waals surface area contributed by atoms with Crippen molar-refractivity contribution >= 4 is 11.6 Å². The Hall–Kier alpha value is -1.22. The quantitative estimate of drug-likeness (QED) is 0.644. The summed E-state index contributed by atoms with van der Waals surface area (Å²) in [7, 11) is 1.55. The summed E-state index contributed by atoms with van der Waals surface area (Å²) in [4.78, 5) is 24.6. The lowest BCUT2D eigenvalue weighted by atomic mass is 9.50. The molecule has 4 atom stereocenters. The van der Waals surface area contributed by atoms with Gasteiger partial charge in [-0.05, 0) is 18.1 Å². The Morgan fingerprint density at radius 2 is 1.88 bits per heavy atom. The molecule has 4 aliphatic rings. The van der Waals surface area contributed by atoms with Crippen LogP contribution in [0.5, 0.6) is 0 Å². The molecule has 2 bridgehead atoms. The van der Waals surface area contributed by atoms with Gasteiger partial charge in [-0.15, -0.1) is 0 Å². The van der Waals surface area contributed by atoms with Gasteiger partial charge in [0.25, 0.3) is 0 Å². The number of carbonyl (C=O) groups is 2. The molecule has 4 aliphatic carbocycles. The van der Waals surface area contributed by atoms with Crippen molar-refractivity contribution in [2.45, 2.75) is 19.4 Å². The first kappa shape index (κ1) is 10.9. The second kappa shape index (κ2) is 2.96. The standard InChI is InChI=1S/C14H16O3/c1-13(2)8-6-7-14(17-3,12(13)16)9-4-5-10(15)11(8)9/h4-9,11H,1-3H3/t8-,9+,11+,14-/m1/s1. The molecule has 0 aromatic heterocycles. The zero-order valence-corrected chi connectivity index (χ0v) is 10.3. The first-order chi connectivity index (χ1) is 7.95. The average Bonchev–Trinajstić information content (AvgIpc) is 2.69. The highest BCUT2D eigenvalue weighted by molar-refractivity contribution is 6.04. The third-order valence-electron chi connectivity index (χ3n) is 4.73. The number of hydrogen-bond acceptors (Lipinski definition) is 3. The van der Waals surface area contributed by atoms with Gasteiger partial charge in [0.05, 0.1) is 0 Å². The first-order valence-electron chi connectivity index (χ1n) is 5.96. The molecule has 0 unspecified atom stereocenters. The number of Topliss-reactive ketones (excluding diaryl/α,β-unsaturated/α-hetero) is 1. The van der Waals surface area contributed by atoms with Crippen molar-refractivity contribution in [3.63, 3.8) is 0 Å². The van der Waals surface area contributed by atoms with Crippen molar-refractivity contribution in [3.05, 3.63) is 24.3 Å². The molecule has 3 nitrogen and oxygen atoms in total. The van der Waals surface area contributed by atoms with Crippen LogP contribution in [0.2, 0.25) is 0 Å². The number of hydrogen-bond donors (Lipinski definition) is 0. The number of ether oxygens (including phenoxy) is 1. The van der Waals surface area contributed by atoms with Gasteiger partial charge in [0.1, 0.15) is 0 Å². The van der Waals surface area contributed by atoms with Crippen molar-refractivity contribution in [2.24, 2.45) is 23.2 Å². The molecular weight excluding hydrogens is 216 g/mol. The van der Waals surface area contributed by atoms with Gasteiger partial charge in [-0.3, -0.25) is 9.59 Å². The molecular formula is C14H16O3. The van der Waals surface area contributed by atoms with Crippen LogP contribution in [0.3, 0.4) is 0 Å². The molecule has 0 aromatic rings. The average molecular weight is 232 g/mol. The van der Waals surface area contributed by atoms with Crippen molar-refractivity contribution < 1.29 is 14.3 Å². The van der Waals surface area contributed by atoms with E-state index in [9.17, 15) is 9.59 Å². The number of allylic oxidation sites excluding steroid dienone is 2. The second-order valence-corrected chi connectivity index (χ2v) is 5.75. The maximum atomic E-state index is 12.6. The van der Waals surface area contributed by atoms with Crippen molar-refractivity contribution in [1.82, 2.24) is 0 Å². The highest BCUT2D eigenvalue weighted by atomic mass is 16.5. The van der Waals surface area contributed by atoms with Gasteiger partial charge in [-0.1, -0.05) is 26.0 Å². The minimum absolute atomic E-state index is 0.000440. The topological polar surface area (TPSA) is 43.4 Å². The Morgan fingerprint density at radius 3 is 2.53 bits per heavy atom. The summed E-state index contributed by atoms with van der Waals surface area (Å²) in [6.45, 7) is 3.83. The molecule has 0 aliphatic heterocycles. The smallest absolute Gasteiger partial charge is 0.175 e. The summed E-state index contributed by atoms with van der Waals surface area (Å²) in [5.74, 6) is -0.00495. The summed E-state index contributed by atoms with van der Waals surface area (Å²) in [6, 6.07) is 0. The maximum absolute atomic E-state index is 12.6. The molecule has 0 radical (unpaired) electrons. The number of fused-ring (bicyclic) bond motifs is 1. The first-order valence-corrected chi connectivity index (χ1v) is 5.96. The molecule has 0 saturated heterocycles. The van der Waals surface area contributed by atoms with Gasteiger partial charge in [0, 0.05) is 24.4 Å². The summed E-state index contributed by atoms with van der Waals surface area (Å²) < 4.78 is 5.54. The minimum atomic E-state index is -0.925. The Kier molecular flexibility index (Phi) is 1.90. The molecule has 1 fully saturated rings. The molecule has 0 heterocycles. The van der Waals surface area contributed by atoms with E-state index in [-0.39, 0.29) is 29.3 Å². The highest BCUT2D eigenvalue weighted by Crippen LogP contribution is 2.57. The fourth-order valence-electron chi connectivity index (χ4n) is 3.76. The normalized spacial score (nSPS) is 45.5. The third kappa shape index (κ3) is 1.01. The van der Waals surface area contributed by atoms with Crippen LogP contribution in [0, 0.1) is 23.2 Å². The summed E-state index contributed by atoms with van der Waals surface area (Å²) >= 11 is 0. The van der Waals surface area contributed by atoms with E-state index in [4.69, 9.17) is 4.74 Å². The molecule has 1 saturated carbocycles. The number of ketones is 2. The van der Waals surface area contributed by atoms with Crippen LogP contribution in [-0.4, -0.2) is 24.3 Å². The van der Waals surface area contributed by atoms with Crippen LogP contribution >= 0.6 is 0 Å². The summed E-state index contributed by atoms with van der Waals surface area (Å²) in [6.07, 6.45) is 7.31. The van der Waals surface area contributed by atoms with Gasteiger partial charge in [-0.25, -0.2) is 0 Å². The van der Waals surface area contributed by atoms with E-state index >= 15 is 0 Å². The minimum Gasteiger partial charge on any atom is -0.366 e. The Bertz CT molecular complexity index is 472. The van der Waals surface area contributed by atoms with Crippen LogP contribution in [0.15, 0.2) is 24.3 Å². The van der Waals surface area contributed by atoms with Gasteiger partial charge in [0.2, 0.25) is 0 Å². The molecule has 0 N–H and O–H groups in total. The van der Waals surface area contributed by atoms with E-state index in [1.165, 1.54) is 0 Å². The Balaban J connectivity index is 2.23. The Morgan fingerprint density at radius 1 is 1.18 bits per heavy atom. The number of methoxy groups -OCH3 is 1. The van der Waals surface area contributed by atoms with Crippen LogP contribution in [0.1, 0.15) is 13.8 Å². The number of rotatable bonds is 1. The lowest BCUT2D eigenvalue weighted by Gasteiger charge is -2.54. The fourth-order valence-corrected chi connectivity index (χ4v) is 3.76. The van der Waals surface area contributed by atoms with E-state index in [1.54, 1.807) is 13.2 Å². The molecule has 0 amide bonds. The largest absolute Gasteiger partial charge is 0.366 e. The molecule has 17 heavy (non-hydrogen) atoms. The second-order valence-electron chi connectivity index (χ2n) is 5.75. The van der Waals surface area contributed by atoms with Crippen LogP contribution in [-0.2, 0) is 14.3 Å². The van der Waals surface area contributed by atoms with Crippen LogP contribution in [0.25, 0.3) is 0 Å². The highest BCUT2D eigenvalue weighted by Gasteiger charge is 2.65. The lowest BCUT2D eigenvalue weighted by Crippen LogP contribution is -2.64. The summed E-state index contributed by atoms with van der Waals surface area (Å²) in [5.41, 5.74) is -1.45. The zero-order valence-electron chi connectivity index (χ0n) is 10.3.